The Morgan fingerprint density at radius 2 is 1.91 bits per heavy atom. The number of carbonyl (C=O) groups excluding carboxylic acids is 4. The zero-order valence-electron chi connectivity index (χ0n) is 24.2. The van der Waals surface area contributed by atoms with Gasteiger partial charge in [-0.1, -0.05) is 26.0 Å². The van der Waals surface area contributed by atoms with E-state index >= 15 is 0 Å². The van der Waals surface area contributed by atoms with Crippen molar-refractivity contribution in [2.75, 3.05) is 19.7 Å². The number of hydrogen-bond donors (Lipinski definition) is 5. The Bertz CT molecular complexity index is 1330. The summed E-state index contributed by atoms with van der Waals surface area (Å²) < 4.78 is 77.0. The number of ether oxygens (including phenoxy) is 1. The van der Waals surface area contributed by atoms with E-state index in [0.29, 0.717) is 18.5 Å². The van der Waals surface area contributed by atoms with Crippen LogP contribution in [0.3, 0.4) is 0 Å². The van der Waals surface area contributed by atoms with Crippen molar-refractivity contribution in [2.24, 2.45) is 17.8 Å². The maximum atomic E-state index is 13.1. The van der Waals surface area contributed by atoms with Crippen molar-refractivity contribution >= 4 is 33.9 Å². The van der Waals surface area contributed by atoms with Crippen molar-refractivity contribution in [1.82, 2.24) is 20.9 Å². The van der Waals surface area contributed by atoms with Crippen molar-refractivity contribution in [3.63, 3.8) is 0 Å². The molecule has 2 saturated heterocycles. The predicted molar refractivity (Wildman–Crippen MR) is 148 cm³/mol. The molecule has 1 aromatic carbocycles. The number of carbonyl (C=O) groups is 4. The molecule has 0 radical (unpaired) electrons. The minimum absolute atomic E-state index is 0.00784. The maximum absolute atomic E-state index is 13.1. The average molecular weight is 651 g/mol. The Hall–Kier alpha value is -3.44. The molecule has 0 aromatic heterocycles. The SMILES string of the molecule is CC(C)C[C@H](NC(=O)OCC1CC(=O)N(Cc2cccc(C(F)(F)F)c2)C1)C(=O)N[C@@H](C[C@@H]1CCNC1=O)C(O)S(=O)(=O)O. The van der Waals surface area contributed by atoms with Crippen LogP contribution in [-0.4, -0.2) is 84.0 Å². The highest BCUT2D eigenvalue weighted by atomic mass is 32.2. The minimum Gasteiger partial charge on any atom is -0.449 e. The summed E-state index contributed by atoms with van der Waals surface area (Å²) >= 11 is 0. The fourth-order valence-electron chi connectivity index (χ4n) is 5.18. The summed E-state index contributed by atoms with van der Waals surface area (Å²) in [5, 5.41) is 17.5. The molecule has 0 bridgehead atoms. The van der Waals surface area contributed by atoms with Gasteiger partial charge in [-0.25, -0.2) is 4.79 Å². The molecule has 2 heterocycles. The largest absolute Gasteiger partial charge is 0.449 e. The summed E-state index contributed by atoms with van der Waals surface area (Å²) in [5.74, 6) is -2.93. The molecule has 246 valence electrons. The molecule has 2 unspecified atom stereocenters. The predicted octanol–water partition coefficient (Wildman–Crippen LogP) is 1.41. The minimum atomic E-state index is -5.02. The first-order valence-corrected chi connectivity index (χ1v) is 15.5. The normalized spacial score (nSPS) is 21.1. The van der Waals surface area contributed by atoms with Gasteiger partial charge in [0.2, 0.25) is 23.2 Å². The molecule has 44 heavy (non-hydrogen) atoms. The van der Waals surface area contributed by atoms with Crippen LogP contribution in [0.2, 0.25) is 0 Å². The fourth-order valence-corrected chi connectivity index (χ4v) is 5.77. The zero-order chi connectivity index (χ0) is 32.8. The third-order valence-electron chi connectivity index (χ3n) is 7.37. The number of likely N-dealkylation sites (tertiary alicyclic amines) is 1. The van der Waals surface area contributed by atoms with Gasteiger partial charge in [-0.3, -0.25) is 18.9 Å². The van der Waals surface area contributed by atoms with Crippen molar-refractivity contribution in [3.8, 4) is 0 Å². The number of hydrogen-bond acceptors (Lipinski definition) is 8. The van der Waals surface area contributed by atoms with Gasteiger partial charge >= 0.3 is 12.3 Å². The van der Waals surface area contributed by atoms with Crippen LogP contribution in [-0.2, 0) is 42.0 Å². The van der Waals surface area contributed by atoms with E-state index in [-0.39, 0.29) is 50.8 Å². The number of halogens is 3. The molecular formula is C27H37F3N4O9S. The molecule has 0 aliphatic carbocycles. The van der Waals surface area contributed by atoms with E-state index in [1.165, 1.54) is 17.0 Å². The quantitative estimate of drug-likeness (QED) is 0.197. The van der Waals surface area contributed by atoms with Crippen LogP contribution in [0, 0.1) is 17.8 Å². The van der Waals surface area contributed by atoms with E-state index < -0.39 is 69.1 Å². The third-order valence-corrected chi connectivity index (χ3v) is 8.31. The molecule has 5 atom stereocenters. The number of rotatable bonds is 13. The number of aliphatic hydroxyl groups is 1. The molecule has 0 spiro atoms. The molecule has 1 aromatic rings. The molecule has 5 N–H and O–H groups in total. The van der Waals surface area contributed by atoms with Gasteiger partial charge in [0.25, 0.3) is 10.1 Å². The van der Waals surface area contributed by atoms with Crippen LogP contribution in [0.5, 0.6) is 0 Å². The summed E-state index contributed by atoms with van der Waals surface area (Å²) in [6.07, 6.45) is -5.44. The number of nitrogens with one attached hydrogen (secondary N) is 3. The Balaban J connectivity index is 1.58. The van der Waals surface area contributed by atoms with Crippen LogP contribution in [0.25, 0.3) is 0 Å². The second-order valence-corrected chi connectivity index (χ2v) is 13.0. The van der Waals surface area contributed by atoms with E-state index in [4.69, 9.17) is 4.74 Å². The summed E-state index contributed by atoms with van der Waals surface area (Å²) in [4.78, 5) is 51.6. The molecule has 4 amide bonds. The molecule has 2 fully saturated rings. The van der Waals surface area contributed by atoms with Gasteiger partial charge in [-0.2, -0.15) is 21.6 Å². The lowest BCUT2D eigenvalue weighted by atomic mass is 9.97. The van der Waals surface area contributed by atoms with Crippen molar-refractivity contribution in [1.29, 1.82) is 0 Å². The van der Waals surface area contributed by atoms with Gasteiger partial charge in [0.05, 0.1) is 18.2 Å². The molecule has 2 aliphatic heterocycles. The summed E-state index contributed by atoms with van der Waals surface area (Å²) in [6.45, 7) is 3.68. The first-order chi connectivity index (χ1) is 20.4. The first-order valence-electron chi connectivity index (χ1n) is 14.0. The van der Waals surface area contributed by atoms with Crippen molar-refractivity contribution < 1.29 is 55.2 Å². The van der Waals surface area contributed by atoms with Gasteiger partial charge < -0.3 is 30.7 Å². The van der Waals surface area contributed by atoms with E-state index in [1.54, 1.807) is 13.8 Å². The van der Waals surface area contributed by atoms with Gasteiger partial charge in [0.1, 0.15) is 6.04 Å². The Labute approximate surface area is 252 Å². The summed E-state index contributed by atoms with van der Waals surface area (Å²) in [7, 11) is -5.02. The number of aliphatic hydroxyl groups excluding tert-OH is 1. The second kappa shape index (κ2) is 14.6. The lowest BCUT2D eigenvalue weighted by Gasteiger charge is -2.27. The Kier molecular flexibility index (Phi) is 11.6. The van der Waals surface area contributed by atoms with Crippen LogP contribution in [0.4, 0.5) is 18.0 Å². The van der Waals surface area contributed by atoms with E-state index in [2.05, 4.69) is 16.0 Å². The Morgan fingerprint density at radius 3 is 2.50 bits per heavy atom. The van der Waals surface area contributed by atoms with Crippen molar-refractivity contribution in [2.45, 2.75) is 69.8 Å². The highest BCUT2D eigenvalue weighted by Gasteiger charge is 2.38. The summed E-state index contributed by atoms with van der Waals surface area (Å²) in [5.41, 5.74) is -2.97. The number of alkyl carbamates (subject to hydrolysis) is 1. The first kappa shape index (κ1) is 35.0. The highest BCUT2D eigenvalue weighted by molar-refractivity contribution is 7.86. The molecule has 2 aliphatic rings. The van der Waals surface area contributed by atoms with Gasteiger partial charge in [-0.15, -0.1) is 0 Å². The van der Waals surface area contributed by atoms with Crippen molar-refractivity contribution in [3.05, 3.63) is 35.4 Å². The van der Waals surface area contributed by atoms with Gasteiger partial charge in [0, 0.05) is 37.9 Å². The second-order valence-electron chi connectivity index (χ2n) is 11.5. The van der Waals surface area contributed by atoms with E-state index in [1.807, 2.05) is 0 Å². The molecule has 17 heteroatoms. The lowest BCUT2D eigenvalue weighted by Crippen LogP contribution is -2.55. The number of alkyl halides is 3. The zero-order valence-corrected chi connectivity index (χ0v) is 25.0. The monoisotopic (exact) mass is 650 g/mol. The smallest absolute Gasteiger partial charge is 0.416 e. The fraction of sp³-hybridized carbons (Fsp3) is 0.630. The number of benzene rings is 1. The van der Waals surface area contributed by atoms with Crippen LogP contribution < -0.4 is 16.0 Å². The van der Waals surface area contributed by atoms with Crippen LogP contribution >= 0.6 is 0 Å². The summed E-state index contributed by atoms with van der Waals surface area (Å²) in [6, 6.07) is 1.81. The average Bonchev–Trinajstić information content (AvgIpc) is 3.48. The molecule has 3 rings (SSSR count). The van der Waals surface area contributed by atoms with E-state index in [9.17, 15) is 50.4 Å². The van der Waals surface area contributed by atoms with Crippen LogP contribution in [0.15, 0.2) is 24.3 Å². The highest BCUT2D eigenvalue weighted by Crippen LogP contribution is 2.30. The van der Waals surface area contributed by atoms with E-state index in [0.717, 1.165) is 12.1 Å². The molecule has 13 nitrogen and oxygen atoms in total. The van der Waals surface area contributed by atoms with Gasteiger partial charge in [-0.05, 0) is 42.9 Å². The van der Waals surface area contributed by atoms with Crippen LogP contribution in [0.1, 0.15) is 50.7 Å². The molecular weight excluding hydrogens is 613 g/mol. The Morgan fingerprint density at radius 1 is 1.20 bits per heavy atom. The lowest BCUT2D eigenvalue weighted by molar-refractivity contribution is -0.137. The number of amides is 4. The third kappa shape index (κ3) is 10.1. The standard InChI is InChI=1S/C27H37F3N4O9S/c1-15(2)8-20(24(37)32-21(25(38)44(40,41)42)11-18-6-7-31-23(18)36)33-26(39)43-14-17-10-22(35)34(13-17)12-16-4-3-5-19(9-16)27(28,29)30/h3-5,9,15,17-18,20-21,25,38H,6-8,10-14H2,1-2H3,(H,31,36)(H,32,37)(H,33,39)(H,40,41,42)/t17?,18-,20-,21-,25?/m0/s1. The topological polar surface area (TPSA) is 191 Å². The number of nitrogens with zero attached hydrogens (tertiary/aromatic N) is 1. The molecule has 0 saturated carbocycles. The maximum Gasteiger partial charge on any atom is 0.416 e. The van der Waals surface area contributed by atoms with Gasteiger partial charge in [0.15, 0.2) is 0 Å².